The summed E-state index contributed by atoms with van der Waals surface area (Å²) in [5.41, 5.74) is -1.89. The smallest absolute Gasteiger partial charge is 0.389 e. The van der Waals surface area contributed by atoms with E-state index in [4.69, 9.17) is 0 Å². The largest absolute Gasteiger partial charge is 0.408 e. The summed E-state index contributed by atoms with van der Waals surface area (Å²) in [5.74, 6) is -4.68. The maximum absolute atomic E-state index is 14.7. The Bertz CT molecular complexity index is 1430. The number of hydrogen-bond donors (Lipinski definition) is 3. The molecule has 1 amide bonds. The molecule has 3 aromatic heterocycles. The number of nitrogens with zero attached hydrogens (tertiary/aromatic N) is 4. The highest BCUT2D eigenvalue weighted by Crippen LogP contribution is 2.40. The van der Waals surface area contributed by atoms with Crippen molar-refractivity contribution in [3.8, 4) is 5.82 Å². The molecule has 14 heteroatoms. The van der Waals surface area contributed by atoms with Gasteiger partial charge in [0.25, 0.3) is 5.91 Å². The van der Waals surface area contributed by atoms with Gasteiger partial charge >= 0.3 is 6.18 Å². The number of aliphatic hydroxyl groups excluding tert-OH is 2. The number of aromatic nitrogens is 3. The molecule has 4 heterocycles. The van der Waals surface area contributed by atoms with Crippen LogP contribution in [-0.4, -0.2) is 68.2 Å². The molecule has 3 atom stereocenters. The second-order valence-corrected chi connectivity index (χ2v) is 9.11. The number of anilines is 1. The Hall–Kier alpha value is -3.65. The molecule has 1 aliphatic heterocycles. The first-order valence-electron chi connectivity index (χ1n) is 11.3. The number of alkyl halides is 3. The van der Waals surface area contributed by atoms with Crippen LogP contribution in [-0.2, 0) is 0 Å². The van der Waals surface area contributed by atoms with Gasteiger partial charge in [0.05, 0.1) is 23.8 Å². The average molecular weight is 525 g/mol. The number of amides is 1. The first kappa shape index (κ1) is 25.0. The SMILES string of the molecule is O=C(N[C@@H](C1CC1)C(F)(F)F)c1cn(-c2ncc(F)cc2F)c2nc(N3C[C@H](O)[C@@H](O)C3)ccc2c1=O. The summed E-state index contributed by atoms with van der Waals surface area (Å²) in [5, 5.41) is 21.3. The first-order valence-corrected chi connectivity index (χ1v) is 11.3. The Morgan fingerprint density at radius 3 is 2.41 bits per heavy atom. The molecule has 2 aliphatic rings. The zero-order valence-corrected chi connectivity index (χ0v) is 18.9. The summed E-state index contributed by atoms with van der Waals surface area (Å²) >= 11 is 0. The lowest BCUT2D eigenvalue weighted by Crippen LogP contribution is -2.48. The van der Waals surface area contributed by atoms with Gasteiger partial charge in [0.2, 0.25) is 5.43 Å². The Morgan fingerprint density at radius 2 is 1.81 bits per heavy atom. The lowest BCUT2D eigenvalue weighted by atomic mass is 10.1. The molecule has 0 aromatic carbocycles. The molecule has 37 heavy (non-hydrogen) atoms. The average Bonchev–Trinajstić information content (AvgIpc) is 3.61. The summed E-state index contributed by atoms with van der Waals surface area (Å²) in [4.78, 5) is 35.6. The molecule has 3 aromatic rings. The number of nitrogens with one attached hydrogen (secondary N) is 1. The lowest BCUT2D eigenvalue weighted by Gasteiger charge is -2.22. The number of hydrogen-bond acceptors (Lipinski definition) is 7. The van der Waals surface area contributed by atoms with Crippen LogP contribution in [0.3, 0.4) is 0 Å². The van der Waals surface area contributed by atoms with Crippen molar-refractivity contribution < 1.29 is 37.0 Å². The van der Waals surface area contributed by atoms with Gasteiger partial charge in [0.1, 0.15) is 23.2 Å². The number of fused-ring (bicyclic) bond motifs is 1. The minimum atomic E-state index is -4.74. The second kappa shape index (κ2) is 9.03. The van der Waals surface area contributed by atoms with E-state index in [1.807, 2.05) is 5.32 Å². The number of aliphatic hydroxyl groups is 2. The number of β-amino-alcohol motifs (C(OH)–C–C–N with tert-alkyl or cyclic N) is 2. The highest BCUT2D eigenvalue weighted by molar-refractivity contribution is 5.97. The Balaban J connectivity index is 1.65. The molecule has 2 fully saturated rings. The van der Waals surface area contributed by atoms with E-state index < -0.39 is 64.7 Å². The number of carbonyl (C=O) groups is 1. The fourth-order valence-corrected chi connectivity index (χ4v) is 4.35. The standard InChI is InChI=1S/C23H20F5N5O4/c24-11-5-14(25)21(29-6-11)33-7-13(22(37)31-19(10-1-2-10)23(26,27)28)18(36)12-3-4-17(30-20(12)33)32-8-15(34)16(35)9-32/h3-7,10,15-16,19,34-35H,1-2,8-9H2,(H,31,37)/t15-,16-,19-/m0/s1. The van der Waals surface area contributed by atoms with Crippen LogP contribution in [0.25, 0.3) is 16.9 Å². The number of pyridine rings is 3. The van der Waals surface area contributed by atoms with Gasteiger partial charge < -0.3 is 20.4 Å². The van der Waals surface area contributed by atoms with Crippen LogP contribution in [0.4, 0.5) is 27.8 Å². The van der Waals surface area contributed by atoms with Crippen LogP contribution < -0.4 is 15.6 Å². The molecule has 1 saturated carbocycles. The quantitative estimate of drug-likeness (QED) is 0.434. The van der Waals surface area contributed by atoms with Crippen LogP contribution in [0.5, 0.6) is 0 Å². The molecule has 3 N–H and O–H groups in total. The highest BCUT2D eigenvalue weighted by Gasteiger charge is 2.50. The van der Waals surface area contributed by atoms with E-state index in [0.717, 1.165) is 10.8 Å². The van der Waals surface area contributed by atoms with Gasteiger partial charge in [0.15, 0.2) is 17.3 Å². The predicted octanol–water partition coefficient (Wildman–Crippen LogP) is 1.67. The fourth-order valence-electron chi connectivity index (χ4n) is 4.35. The van der Waals surface area contributed by atoms with Crippen molar-refractivity contribution >= 4 is 22.8 Å². The van der Waals surface area contributed by atoms with Crippen molar-refractivity contribution in [2.45, 2.75) is 37.3 Å². The van der Waals surface area contributed by atoms with Gasteiger partial charge in [-0.3, -0.25) is 14.2 Å². The van der Waals surface area contributed by atoms with Gasteiger partial charge in [0, 0.05) is 25.4 Å². The van der Waals surface area contributed by atoms with E-state index in [1.54, 1.807) is 0 Å². The van der Waals surface area contributed by atoms with Crippen LogP contribution in [0.2, 0.25) is 0 Å². The highest BCUT2D eigenvalue weighted by atomic mass is 19.4. The minimum absolute atomic E-state index is 0.00749. The van der Waals surface area contributed by atoms with Gasteiger partial charge in [-0.25, -0.2) is 18.7 Å². The van der Waals surface area contributed by atoms with Gasteiger partial charge in [-0.1, -0.05) is 0 Å². The Labute approximate surface area is 205 Å². The van der Waals surface area contributed by atoms with Crippen LogP contribution in [0.1, 0.15) is 23.2 Å². The van der Waals surface area contributed by atoms with Crippen LogP contribution >= 0.6 is 0 Å². The molecule has 1 saturated heterocycles. The van der Waals surface area contributed by atoms with Crippen molar-refractivity contribution in [2.75, 3.05) is 18.0 Å². The van der Waals surface area contributed by atoms with E-state index in [9.17, 15) is 41.8 Å². The molecule has 9 nitrogen and oxygen atoms in total. The van der Waals surface area contributed by atoms with Crippen LogP contribution in [0, 0.1) is 17.6 Å². The molecule has 0 radical (unpaired) electrons. The second-order valence-electron chi connectivity index (χ2n) is 9.11. The van der Waals surface area contributed by atoms with Crippen LogP contribution in [0.15, 0.2) is 35.4 Å². The summed E-state index contributed by atoms with van der Waals surface area (Å²) in [6, 6.07) is 0.958. The fraction of sp³-hybridized carbons (Fsp3) is 0.391. The summed E-state index contributed by atoms with van der Waals surface area (Å²) in [6.45, 7) is 0.0150. The van der Waals surface area contributed by atoms with E-state index in [2.05, 4.69) is 9.97 Å². The molecule has 1 aliphatic carbocycles. The maximum Gasteiger partial charge on any atom is 0.408 e. The molecule has 0 unspecified atom stereocenters. The van der Waals surface area contributed by atoms with Gasteiger partial charge in [-0.2, -0.15) is 13.2 Å². The third kappa shape index (κ3) is 4.73. The molecule has 0 bridgehead atoms. The lowest BCUT2D eigenvalue weighted by molar-refractivity contribution is -0.158. The zero-order chi connectivity index (χ0) is 26.6. The molecule has 0 spiro atoms. The normalized spacial score (nSPS) is 20.9. The van der Waals surface area contributed by atoms with Crippen molar-refractivity contribution in [2.24, 2.45) is 5.92 Å². The summed E-state index contributed by atoms with van der Waals surface area (Å²) < 4.78 is 69.6. The van der Waals surface area contributed by atoms with Crippen molar-refractivity contribution in [3.63, 3.8) is 0 Å². The topological polar surface area (TPSA) is 121 Å². The summed E-state index contributed by atoms with van der Waals surface area (Å²) in [7, 11) is 0. The van der Waals surface area contributed by atoms with Gasteiger partial charge in [-0.15, -0.1) is 0 Å². The van der Waals surface area contributed by atoms with Gasteiger partial charge in [-0.05, 0) is 30.9 Å². The van der Waals surface area contributed by atoms with E-state index in [1.165, 1.54) is 17.0 Å². The minimum Gasteiger partial charge on any atom is -0.389 e. The number of rotatable bonds is 5. The Morgan fingerprint density at radius 1 is 1.14 bits per heavy atom. The van der Waals surface area contributed by atoms with E-state index >= 15 is 0 Å². The maximum atomic E-state index is 14.7. The molecular formula is C23H20F5N5O4. The van der Waals surface area contributed by atoms with E-state index in [0.29, 0.717) is 12.3 Å². The zero-order valence-electron chi connectivity index (χ0n) is 18.9. The monoisotopic (exact) mass is 525 g/mol. The predicted molar refractivity (Wildman–Crippen MR) is 119 cm³/mol. The Kier molecular flexibility index (Phi) is 6.10. The van der Waals surface area contributed by atoms with Crippen molar-refractivity contribution in [3.05, 3.63) is 58.0 Å². The molecule has 5 rings (SSSR count). The summed E-state index contributed by atoms with van der Waals surface area (Å²) in [6.07, 6.45) is -4.82. The van der Waals surface area contributed by atoms with Crippen molar-refractivity contribution in [1.82, 2.24) is 19.9 Å². The third-order valence-electron chi connectivity index (χ3n) is 6.41. The van der Waals surface area contributed by atoms with Crippen molar-refractivity contribution in [1.29, 1.82) is 0 Å². The third-order valence-corrected chi connectivity index (χ3v) is 6.41. The number of halogens is 5. The molecule has 196 valence electrons. The first-order chi connectivity index (χ1) is 17.4. The molecular weight excluding hydrogens is 505 g/mol. The van der Waals surface area contributed by atoms with E-state index in [-0.39, 0.29) is 42.8 Å². The number of carbonyl (C=O) groups excluding carboxylic acids is 1.